The highest BCUT2D eigenvalue weighted by Crippen LogP contribution is 2.34. The Balaban J connectivity index is 2.43. The van der Waals surface area contributed by atoms with Crippen LogP contribution < -0.4 is 5.32 Å². The van der Waals surface area contributed by atoms with Crippen molar-refractivity contribution in [2.75, 3.05) is 5.32 Å². The van der Waals surface area contributed by atoms with E-state index in [2.05, 4.69) is 44.3 Å². The molecular weight excluding hydrogens is 158 g/mol. The predicted octanol–water partition coefficient (Wildman–Crippen LogP) is 3.30. The van der Waals surface area contributed by atoms with Crippen LogP contribution in [0.25, 0.3) is 0 Å². The van der Waals surface area contributed by atoms with E-state index in [1.807, 2.05) is 0 Å². The topological polar surface area (TPSA) is 12.0 Å². The molecule has 0 radical (unpaired) electrons. The van der Waals surface area contributed by atoms with Gasteiger partial charge >= 0.3 is 0 Å². The number of rotatable bonds is 0. The van der Waals surface area contributed by atoms with Crippen LogP contribution in [0.4, 0.5) is 5.69 Å². The fourth-order valence-electron chi connectivity index (χ4n) is 2.20. The van der Waals surface area contributed by atoms with Crippen LogP contribution in [-0.2, 0) is 0 Å². The first-order valence-corrected chi connectivity index (χ1v) is 5.04. The van der Waals surface area contributed by atoms with Crippen molar-refractivity contribution < 1.29 is 0 Å². The summed E-state index contributed by atoms with van der Waals surface area (Å²) in [7, 11) is 0. The number of hydrogen-bond donors (Lipinski definition) is 1. The van der Waals surface area contributed by atoms with Gasteiger partial charge in [0.2, 0.25) is 0 Å². The summed E-state index contributed by atoms with van der Waals surface area (Å²) in [4.78, 5) is 0. The molecule has 0 amide bonds. The Labute approximate surface area is 80.2 Å². The van der Waals surface area contributed by atoms with Crippen molar-refractivity contribution in [3.8, 4) is 0 Å². The highest BCUT2D eigenvalue weighted by Gasteiger charge is 2.19. The summed E-state index contributed by atoms with van der Waals surface area (Å²) in [5.41, 5.74) is 4.18. The van der Waals surface area contributed by atoms with Gasteiger partial charge < -0.3 is 5.32 Å². The van der Waals surface area contributed by atoms with E-state index in [0.29, 0.717) is 12.0 Å². The molecule has 13 heavy (non-hydrogen) atoms. The largest absolute Gasteiger partial charge is 0.382 e. The van der Waals surface area contributed by atoms with Gasteiger partial charge in [-0.15, -0.1) is 0 Å². The summed E-state index contributed by atoms with van der Waals surface area (Å²) < 4.78 is 0. The third kappa shape index (κ3) is 1.55. The van der Waals surface area contributed by atoms with E-state index in [9.17, 15) is 0 Å². The lowest BCUT2D eigenvalue weighted by molar-refractivity contribution is 0.589. The van der Waals surface area contributed by atoms with Gasteiger partial charge in [-0.3, -0.25) is 0 Å². The molecule has 0 aromatic heterocycles. The van der Waals surface area contributed by atoms with Gasteiger partial charge in [0.1, 0.15) is 0 Å². The van der Waals surface area contributed by atoms with Gasteiger partial charge in [-0.25, -0.2) is 0 Å². The maximum atomic E-state index is 3.52. The molecule has 0 spiro atoms. The molecule has 1 N–H and O–H groups in total. The number of anilines is 1. The second kappa shape index (κ2) is 3.06. The zero-order valence-corrected chi connectivity index (χ0v) is 8.59. The van der Waals surface area contributed by atoms with E-state index in [0.717, 1.165) is 0 Å². The number of benzene rings is 1. The molecule has 0 bridgehead atoms. The fraction of sp³-hybridized carbons (Fsp3) is 0.500. The Morgan fingerprint density at radius 2 is 2.08 bits per heavy atom. The normalized spacial score (nSPS) is 26.4. The Bertz CT molecular complexity index is 317. The fourth-order valence-corrected chi connectivity index (χ4v) is 2.20. The van der Waals surface area contributed by atoms with Crippen LogP contribution >= 0.6 is 0 Å². The van der Waals surface area contributed by atoms with Gasteiger partial charge in [0.05, 0.1) is 0 Å². The third-order valence-electron chi connectivity index (χ3n) is 2.85. The molecule has 0 fully saturated rings. The molecule has 0 saturated carbocycles. The molecule has 0 saturated heterocycles. The minimum Gasteiger partial charge on any atom is -0.382 e. The van der Waals surface area contributed by atoms with Gasteiger partial charge in [-0.05, 0) is 37.8 Å². The lowest BCUT2D eigenvalue weighted by Crippen LogP contribution is -2.24. The van der Waals surface area contributed by atoms with Crippen molar-refractivity contribution in [3.05, 3.63) is 29.3 Å². The lowest BCUT2D eigenvalue weighted by atomic mass is 9.88. The average molecular weight is 175 g/mol. The van der Waals surface area contributed by atoms with Crippen LogP contribution in [0.2, 0.25) is 0 Å². The number of hydrogen-bond acceptors (Lipinski definition) is 1. The quantitative estimate of drug-likeness (QED) is 0.638. The zero-order valence-electron chi connectivity index (χ0n) is 8.59. The van der Waals surface area contributed by atoms with Crippen LogP contribution in [0, 0.1) is 6.92 Å². The summed E-state index contributed by atoms with van der Waals surface area (Å²) in [5.74, 6) is 0.700. The van der Waals surface area contributed by atoms with Crippen molar-refractivity contribution in [2.24, 2.45) is 0 Å². The van der Waals surface area contributed by atoms with Crippen molar-refractivity contribution in [3.63, 3.8) is 0 Å². The minimum absolute atomic E-state index is 0.616. The molecule has 1 aliphatic heterocycles. The molecule has 70 valence electrons. The SMILES string of the molecule is Cc1ccc2c(c1)C(C)CC(C)N2. The Hall–Kier alpha value is -0.980. The Morgan fingerprint density at radius 1 is 1.31 bits per heavy atom. The van der Waals surface area contributed by atoms with Crippen LogP contribution in [0.15, 0.2) is 18.2 Å². The highest BCUT2D eigenvalue weighted by molar-refractivity contribution is 5.56. The van der Waals surface area contributed by atoms with Crippen molar-refractivity contribution in [1.29, 1.82) is 0 Å². The van der Waals surface area contributed by atoms with Crippen molar-refractivity contribution in [2.45, 2.75) is 39.2 Å². The molecule has 2 atom stereocenters. The van der Waals surface area contributed by atoms with E-state index < -0.39 is 0 Å². The summed E-state index contributed by atoms with van der Waals surface area (Å²) in [6.45, 7) is 6.72. The van der Waals surface area contributed by atoms with E-state index >= 15 is 0 Å². The lowest BCUT2D eigenvalue weighted by Gasteiger charge is -2.29. The molecule has 1 nitrogen and oxygen atoms in total. The standard InChI is InChI=1S/C12H17N/c1-8-4-5-12-11(6-8)9(2)7-10(3)13-12/h4-6,9-10,13H,7H2,1-3H3. The smallest absolute Gasteiger partial charge is 0.0377 e. The second-order valence-electron chi connectivity index (χ2n) is 4.27. The zero-order chi connectivity index (χ0) is 9.42. The first kappa shape index (κ1) is 8.61. The molecule has 1 aliphatic rings. The molecule has 1 heterocycles. The number of nitrogens with one attached hydrogen (secondary N) is 1. The summed E-state index contributed by atoms with van der Waals surface area (Å²) >= 11 is 0. The van der Waals surface area contributed by atoms with Crippen molar-refractivity contribution in [1.82, 2.24) is 0 Å². The Kier molecular flexibility index (Phi) is 2.03. The molecule has 1 heteroatoms. The summed E-state index contributed by atoms with van der Waals surface area (Å²) in [6.07, 6.45) is 1.25. The average Bonchev–Trinajstić information content (AvgIpc) is 2.06. The van der Waals surface area contributed by atoms with Crippen LogP contribution in [0.3, 0.4) is 0 Å². The van der Waals surface area contributed by atoms with Gasteiger partial charge in [0, 0.05) is 11.7 Å². The van der Waals surface area contributed by atoms with E-state index in [-0.39, 0.29) is 0 Å². The second-order valence-corrected chi connectivity index (χ2v) is 4.27. The molecule has 0 aliphatic carbocycles. The molecule has 1 aromatic carbocycles. The molecule has 2 rings (SSSR count). The highest BCUT2D eigenvalue weighted by atomic mass is 14.9. The minimum atomic E-state index is 0.616. The molecule has 1 aromatic rings. The van der Waals surface area contributed by atoms with Crippen LogP contribution in [-0.4, -0.2) is 6.04 Å². The summed E-state index contributed by atoms with van der Waals surface area (Å²) in [6, 6.07) is 7.30. The molecule has 2 unspecified atom stereocenters. The van der Waals surface area contributed by atoms with E-state index in [1.165, 1.54) is 23.2 Å². The molecular formula is C12H17N. The third-order valence-corrected chi connectivity index (χ3v) is 2.85. The summed E-state index contributed by atoms with van der Waals surface area (Å²) in [5, 5.41) is 3.52. The maximum absolute atomic E-state index is 3.52. The van der Waals surface area contributed by atoms with E-state index in [4.69, 9.17) is 0 Å². The van der Waals surface area contributed by atoms with Gasteiger partial charge in [-0.2, -0.15) is 0 Å². The van der Waals surface area contributed by atoms with Gasteiger partial charge in [0.25, 0.3) is 0 Å². The van der Waals surface area contributed by atoms with Crippen molar-refractivity contribution >= 4 is 5.69 Å². The number of fused-ring (bicyclic) bond motifs is 1. The van der Waals surface area contributed by atoms with Gasteiger partial charge in [0.15, 0.2) is 0 Å². The van der Waals surface area contributed by atoms with Crippen LogP contribution in [0.1, 0.15) is 37.3 Å². The maximum Gasteiger partial charge on any atom is 0.0377 e. The number of aryl methyl sites for hydroxylation is 1. The van der Waals surface area contributed by atoms with Gasteiger partial charge in [-0.1, -0.05) is 24.6 Å². The Morgan fingerprint density at radius 3 is 2.85 bits per heavy atom. The van der Waals surface area contributed by atoms with Crippen LogP contribution in [0.5, 0.6) is 0 Å². The predicted molar refractivity (Wildman–Crippen MR) is 57.3 cm³/mol. The first-order valence-electron chi connectivity index (χ1n) is 5.04. The first-order chi connectivity index (χ1) is 6.16. The monoisotopic (exact) mass is 175 g/mol. The van der Waals surface area contributed by atoms with E-state index in [1.54, 1.807) is 0 Å².